The number of hydrogen-bond donors (Lipinski definition) is 0. The zero-order chi connectivity index (χ0) is 39.0. The molecule has 0 N–H and O–H groups in total. The van der Waals surface area contributed by atoms with E-state index in [1.54, 1.807) is 0 Å². The molecule has 2 aliphatic heterocycles. The van der Waals surface area contributed by atoms with Crippen LogP contribution in [0.4, 0.5) is 0 Å². The molecule has 0 spiro atoms. The molecule has 10 unspecified atom stereocenters. The van der Waals surface area contributed by atoms with Crippen LogP contribution >= 0.6 is 0 Å². The minimum atomic E-state index is -0.783. The van der Waals surface area contributed by atoms with Crippen molar-refractivity contribution in [1.82, 2.24) is 0 Å². The van der Waals surface area contributed by atoms with Crippen LogP contribution in [0.2, 0.25) is 0 Å². The van der Waals surface area contributed by atoms with Crippen molar-refractivity contribution in [1.29, 1.82) is 0 Å². The van der Waals surface area contributed by atoms with E-state index in [1.165, 1.54) is 74.9 Å². The molecule has 10 atom stereocenters. The van der Waals surface area contributed by atoms with Crippen LogP contribution < -0.4 is 0 Å². The van der Waals surface area contributed by atoms with Crippen molar-refractivity contribution >= 4 is 35.8 Å². The molecule has 55 heavy (non-hydrogen) atoms. The van der Waals surface area contributed by atoms with Gasteiger partial charge in [0.1, 0.15) is 12.2 Å². The van der Waals surface area contributed by atoms with Gasteiger partial charge in [0.2, 0.25) is 0 Å². The molecule has 2 aromatic rings. The Bertz CT molecular complexity index is 1960. The molecule has 2 aromatic carbocycles. The number of carbonyl (C=O) groups is 6. The standard InChI is InChI=1S/C45H52O10/c1-23(2)7-6-8-24(3)33-13-14-34-32-22-37(53-39(47)26-10-12-29-31(20-26)43(51)55-41(29)49)36-21-27(15-17-45(36,5)35(32)16-18-44(33,34)4)52-38(46)25-9-11-28-30(19-25)42(50)54-40(28)48/h9-12,19-20,23-24,27,32-37H,6-8,13-18,21-22H2,1-5H3. The minimum Gasteiger partial charge on any atom is -0.459 e. The van der Waals surface area contributed by atoms with Crippen molar-refractivity contribution in [2.24, 2.45) is 52.3 Å². The number of cyclic esters (lactones) is 4. The van der Waals surface area contributed by atoms with E-state index in [2.05, 4.69) is 34.6 Å². The Morgan fingerprint density at radius 1 is 0.673 bits per heavy atom. The van der Waals surface area contributed by atoms with Crippen molar-refractivity contribution in [3.63, 3.8) is 0 Å². The first-order chi connectivity index (χ1) is 26.2. The highest BCUT2D eigenvalue weighted by atomic mass is 16.6. The van der Waals surface area contributed by atoms with E-state index < -0.39 is 48.0 Å². The van der Waals surface area contributed by atoms with Crippen molar-refractivity contribution in [2.75, 3.05) is 0 Å². The van der Waals surface area contributed by atoms with E-state index in [0.717, 1.165) is 19.3 Å². The second-order valence-corrected chi connectivity index (χ2v) is 18.4. The molecule has 0 amide bonds. The summed E-state index contributed by atoms with van der Waals surface area (Å²) < 4.78 is 22.1. The van der Waals surface area contributed by atoms with E-state index in [9.17, 15) is 28.8 Å². The fraction of sp³-hybridized carbons (Fsp3) is 0.600. The number of rotatable bonds is 9. The molecule has 10 heteroatoms. The van der Waals surface area contributed by atoms with Gasteiger partial charge < -0.3 is 18.9 Å². The Kier molecular flexibility index (Phi) is 9.56. The lowest BCUT2D eigenvalue weighted by molar-refractivity contribution is -0.174. The van der Waals surface area contributed by atoms with Crippen LogP contribution in [0, 0.1) is 52.3 Å². The lowest BCUT2D eigenvalue weighted by Gasteiger charge is -2.62. The molecule has 4 aliphatic carbocycles. The van der Waals surface area contributed by atoms with E-state index in [-0.39, 0.29) is 50.1 Å². The lowest BCUT2D eigenvalue weighted by atomic mass is 9.43. The second-order valence-electron chi connectivity index (χ2n) is 18.4. The van der Waals surface area contributed by atoms with Gasteiger partial charge in [-0.1, -0.05) is 53.9 Å². The summed E-state index contributed by atoms with van der Waals surface area (Å²) >= 11 is 0. The first kappa shape index (κ1) is 37.6. The van der Waals surface area contributed by atoms with E-state index in [4.69, 9.17) is 18.9 Å². The Morgan fingerprint density at radius 3 is 1.85 bits per heavy atom. The normalized spacial score (nSPS) is 33.8. The summed E-state index contributed by atoms with van der Waals surface area (Å²) in [4.78, 5) is 76.1. The molecular formula is C45H52O10. The monoisotopic (exact) mass is 752 g/mol. The molecule has 4 fully saturated rings. The van der Waals surface area contributed by atoms with Crippen LogP contribution in [0.3, 0.4) is 0 Å². The summed E-state index contributed by atoms with van der Waals surface area (Å²) in [6.45, 7) is 12.0. The summed E-state index contributed by atoms with van der Waals surface area (Å²) in [7, 11) is 0. The Balaban J connectivity index is 1.05. The zero-order valence-corrected chi connectivity index (χ0v) is 32.5. The maximum Gasteiger partial charge on any atom is 0.346 e. The molecule has 0 aromatic heterocycles. The third-order valence-corrected chi connectivity index (χ3v) is 15.1. The number of esters is 6. The second kappa shape index (κ2) is 14.0. The van der Waals surface area contributed by atoms with Crippen LogP contribution in [0.25, 0.3) is 0 Å². The molecule has 292 valence electrons. The number of fused-ring (bicyclic) bond motifs is 7. The lowest BCUT2D eigenvalue weighted by Crippen LogP contribution is -2.59. The topological polar surface area (TPSA) is 139 Å². The summed E-state index contributed by atoms with van der Waals surface area (Å²) in [5.74, 6) is -0.861. The van der Waals surface area contributed by atoms with E-state index >= 15 is 0 Å². The average Bonchev–Trinajstić information content (AvgIpc) is 3.76. The van der Waals surface area contributed by atoms with Crippen LogP contribution in [-0.2, 0) is 18.9 Å². The van der Waals surface area contributed by atoms with Crippen LogP contribution in [-0.4, -0.2) is 48.0 Å². The van der Waals surface area contributed by atoms with Crippen LogP contribution in [0.5, 0.6) is 0 Å². The van der Waals surface area contributed by atoms with Gasteiger partial charge in [-0.2, -0.15) is 0 Å². The third-order valence-electron chi connectivity index (χ3n) is 15.1. The smallest absolute Gasteiger partial charge is 0.346 e. The van der Waals surface area contributed by atoms with E-state index in [1.807, 2.05) is 0 Å². The summed E-state index contributed by atoms with van der Waals surface area (Å²) in [5.41, 5.74) is 0.785. The molecule has 0 bridgehead atoms. The Labute approximate surface area is 322 Å². The van der Waals surface area contributed by atoms with Crippen LogP contribution in [0.1, 0.15) is 167 Å². The fourth-order valence-corrected chi connectivity index (χ4v) is 12.3. The largest absolute Gasteiger partial charge is 0.459 e. The number of hydrogen-bond acceptors (Lipinski definition) is 10. The molecule has 0 radical (unpaired) electrons. The van der Waals surface area contributed by atoms with Gasteiger partial charge in [0.25, 0.3) is 0 Å². The average molecular weight is 753 g/mol. The van der Waals surface area contributed by atoms with Gasteiger partial charge in [0, 0.05) is 5.92 Å². The van der Waals surface area contributed by atoms with Gasteiger partial charge in [-0.05, 0) is 134 Å². The highest BCUT2D eigenvalue weighted by Crippen LogP contribution is 2.69. The summed E-state index contributed by atoms with van der Waals surface area (Å²) in [6, 6.07) is 8.59. The fourth-order valence-electron chi connectivity index (χ4n) is 12.3. The molecule has 10 nitrogen and oxygen atoms in total. The quantitative estimate of drug-likeness (QED) is 0.139. The molecule has 0 saturated heterocycles. The maximum absolute atomic E-state index is 14.0. The predicted octanol–water partition coefficient (Wildman–Crippen LogP) is 8.79. The predicted molar refractivity (Wildman–Crippen MR) is 199 cm³/mol. The molecular weight excluding hydrogens is 700 g/mol. The third kappa shape index (κ3) is 6.41. The van der Waals surface area contributed by atoms with Crippen molar-refractivity contribution in [3.8, 4) is 0 Å². The van der Waals surface area contributed by atoms with Gasteiger partial charge in [0.15, 0.2) is 0 Å². The van der Waals surface area contributed by atoms with Crippen molar-refractivity contribution in [2.45, 2.75) is 117 Å². The number of ether oxygens (including phenoxy) is 4. The number of benzene rings is 2. The highest BCUT2D eigenvalue weighted by Gasteiger charge is 2.63. The molecule has 8 rings (SSSR count). The van der Waals surface area contributed by atoms with Gasteiger partial charge in [-0.15, -0.1) is 0 Å². The maximum atomic E-state index is 14.0. The Hall–Kier alpha value is -4.34. The highest BCUT2D eigenvalue weighted by molar-refractivity contribution is 6.16. The van der Waals surface area contributed by atoms with E-state index in [0.29, 0.717) is 48.3 Å². The summed E-state index contributed by atoms with van der Waals surface area (Å²) in [5, 5.41) is 0. The molecule has 4 saturated carbocycles. The molecule has 6 aliphatic rings. The van der Waals surface area contributed by atoms with Crippen molar-refractivity contribution < 1.29 is 47.7 Å². The van der Waals surface area contributed by atoms with Crippen molar-refractivity contribution in [3.05, 3.63) is 69.8 Å². The summed E-state index contributed by atoms with van der Waals surface area (Å²) in [6.07, 6.45) is 10.3. The first-order valence-electron chi connectivity index (χ1n) is 20.4. The molecule has 2 heterocycles. The van der Waals surface area contributed by atoms with Gasteiger partial charge in [0.05, 0.1) is 33.4 Å². The SMILES string of the molecule is CC(C)CCCC(C)C1CCC2C3CC(OC(=O)c4ccc5c(c4)C(=O)OC5=O)C4CC(OC(=O)c5ccc6c(c5)C(=O)OC6=O)CCC4(C)C3CCC12C. The minimum absolute atomic E-state index is 0.0496. The first-order valence-corrected chi connectivity index (χ1v) is 20.4. The van der Waals surface area contributed by atoms with Gasteiger partial charge >= 0.3 is 35.8 Å². The number of carbonyl (C=O) groups excluding carboxylic acids is 6. The van der Waals surface area contributed by atoms with Crippen LogP contribution in [0.15, 0.2) is 36.4 Å². The van der Waals surface area contributed by atoms with Gasteiger partial charge in [-0.3, -0.25) is 0 Å². The van der Waals surface area contributed by atoms with Gasteiger partial charge in [-0.25, -0.2) is 28.8 Å². The zero-order valence-electron chi connectivity index (χ0n) is 32.5. The Morgan fingerprint density at radius 2 is 1.24 bits per heavy atom.